The van der Waals surface area contributed by atoms with E-state index in [1.165, 1.54) is 6.20 Å². The molecule has 1 aliphatic heterocycles. The van der Waals surface area contributed by atoms with Gasteiger partial charge in [-0.15, -0.1) is 0 Å². The summed E-state index contributed by atoms with van der Waals surface area (Å²) in [5.41, 5.74) is 5.05. The highest BCUT2D eigenvalue weighted by molar-refractivity contribution is 5.38. The Labute approximate surface area is 120 Å². The van der Waals surface area contributed by atoms with Crippen molar-refractivity contribution >= 4 is 5.82 Å². The first-order valence-electron chi connectivity index (χ1n) is 6.59. The van der Waals surface area contributed by atoms with E-state index in [1.54, 1.807) is 6.92 Å². The average molecular weight is 301 g/mol. The summed E-state index contributed by atoms with van der Waals surface area (Å²) < 4.78 is 6.21. The first-order valence-corrected chi connectivity index (χ1v) is 6.59. The fourth-order valence-corrected chi connectivity index (χ4v) is 2.27. The van der Waals surface area contributed by atoms with Crippen LogP contribution in [0.5, 0.6) is 0 Å². The van der Waals surface area contributed by atoms with Gasteiger partial charge < -0.3 is 30.9 Å². The Balaban J connectivity index is 2.42. The largest absolute Gasteiger partial charge is 0.394 e. The second-order valence-electron chi connectivity index (χ2n) is 4.92. The van der Waals surface area contributed by atoms with Crippen LogP contribution in [0.25, 0.3) is 0 Å². The zero-order valence-electron chi connectivity index (χ0n) is 11.5. The van der Waals surface area contributed by atoms with E-state index in [0.29, 0.717) is 6.42 Å². The maximum Gasteiger partial charge on any atom is 0.351 e. The lowest BCUT2D eigenvalue weighted by Gasteiger charge is -2.19. The van der Waals surface area contributed by atoms with Crippen molar-refractivity contribution in [2.75, 3.05) is 12.3 Å². The van der Waals surface area contributed by atoms with Gasteiger partial charge >= 0.3 is 5.69 Å². The van der Waals surface area contributed by atoms with Gasteiger partial charge in [-0.1, -0.05) is 6.92 Å². The SMILES string of the molecule is CCC(O)c1cn([C@@H]2O[C@H](CO)C(O)C2O)c(=O)nc1N. The highest BCUT2D eigenvalue weighted by Crippen LogP contribution is 2.29. The number of nitrogen functional groups attached to an aromatic ring is 1. The normalized spacial score (nSPS) is 30.5. The van der Waals surface area contributed by atoms with Crippen LogP contribution in [0.2, 0.25) is 0 Å². The second-order valence-corrected chi connectivity index (χ2v) is 4.92. The van der Waals surface area contributed by atoms with E-state index < -0.39 is 42.9 Å². The molecule has 0 aliphatic carbocycles. The summed E-state index contributed by atoms with van der Waals surface area (Å²) in [5.74, 6) is -0.0997. The lowest BCUT2D eigenvalue weighted by atomic mass is 10.1. The molecule has 5 atom stereocenters. The summed E-state index contributed by atoms with van der Waals surface area (Å²) in [6.07, 6.45) is -4.25. The first kappa shape index (κ1) is 15.9. The smallest absolute Gasteiger partial charge is 0.351 e. The van der Waals surface area contributed by atoms with Crippen molar-refractivity contribution in [3.63, 3.8) is 0 Å². The van der Waals surface area contributed by atoms with Crippen LogP contribution in [0, 0.1) is 0 Å². The van der Waals surface area contributed by atoms with E-state index >= 15 is 0 Å². The first-order chi connectivity index (χ1) is 9.90. The van der Waals surface area contributed by atoms with Crippen LogP contribution in [0.4, 0.5) is 5.82 Å². The molecule has 3 unspecified atom stereocenters. The van der Waals surface area contributed by atoms with E-state index in [4.69, 9.17) is 15.6 Å². The van der Waals surface area contributed by atoms with Crippen LogP contribution in [0.15, 0.2) is 11.0 Å². The van der Waals surface area contributed by atoms with Crippen LogP contribution in [-0.2, 0) is 4.74 Å². The topological polar surface area (TPSA) is 151 Å². The van der Waals surface area contributed by atoms with Crippen molar-refractivity contribution < 1.29 is 25.2 Å². The Morgan fingerprint density at radius 1 is 1.48 bits per heavy atom. The molecular weight excluding hydrogens is 282 g/mol. The summed E-state index contributed by atoms with van der Waals surface area (Å²) in [7, 11) is 0. The molecule has 0 bridgehead atoms. The molecule has 2 rings (SSSR count). The Kier molecular flexibility index (Phi) is 4.59. The molecular formula is C12H19N3O6. The zero-order chi connectivity index (χ0) is 15.7. The number of anilines is 1. The van der Waals surface area contributed by atoms with Gasteiger partial charge in [0, 0.05) is 11.8 Å². The molecule has 0 saturated carbocycles. The van der Waals surface area contributed by atoms with Crippen molar-refractivity contribution in [2.45, 2.75) is 44.0 Å². The molecule has 9 nitrogen and oxygen atoms in total. The van der Waals surface area contributed by atoms with Crippen molar-refractivity contribution in [1.82, 2.24) is 9.55 Å². The van der Waals surface area contributed by atoms with Crippen molar-refractivity contribution in [3.8, 4) is 0 Å². The van der Waals surface area contributed by atoms with Gasteiger partial charge in [0.25, 0.3) is 0 Å². The third-order valence-electron chi connectivity index (χ3n) is 3.55. The van der Waals surface area contributed by atoms with E-state index in [-0.39, 0.29) is 11.4 Å². The third-order valence-corrected chi connectivity index (χ3v) is 3.55. The van der Waals surface area contributed by atoms with Crippen LogP contribution in [0.3, 0.4) is 0 Å². The summed E-state index contributed by atoms with van der Waals surface area (Å²) >= 11 is 0. The lowest BCUT2D eigenvalue weighted by Crippen LogP contribution is -2.36. The van der Waals surface area contributed by atoms with Gasteiger partial charge in [0.1, 0.15) is 24.1 Å². The van der Waals surface area contributed by atoms with Crippen molar-refractivity contribution in [3.05, 3.63) is 22.2 Å². The minimum absolute atomic E-state index is 0.0997. The van der Waals surface area contributed by atoms with Crippen molar-refractivity contribution in [2.24, 2.45) is 0 Å². The standard InChI is InChI=1S/C12H19N3O6/c1-2-6(17)5-3-15(12(20)14-10(5)13)11-9(19)8(18)7(4-16)21-11/h3,6-9,11,16-19H,2,4H2,1H3,(H2,13,14,20)/t6?,7-,8?,9?,11-/m1/s1. The summed E-state index contributed by atoms with van der Waals surface area (Å²) in [6.45, 7) is 1.22. The second kappa shape index (κ2) is 6.08. The van der Waals surface area contributed by atoms with Gasteiger partial charge in [-0.05, 0) is 6.42 Å². The van der Waals surface area contributed by atoms with E-state index in [9.17, 15) is 20.1 Å². The number of nitrogens with two attached hydrogens (primary N) is 1. The molecule has 0 amide bonds. The minimum atomic E-state index is -1.41. The van der Waals surface area contributed by atoms with Gasteiger partial charge in [-0.3, -0.25) is 4.57 Å². The van der Waals surface area contributed by atoms with E-state index in [1.807, 2.05) is 0 Å². The molecule has 1 aromatic heterocycles. The molecule has 9 heteroatoms. The molecule has 6 N–H and O–H groups in total. The summed E-state index contributed by atoms with van der Waals surface area (Å²) in [4.78, 5) is 15.5. The van der Waals surface area contributed by atoms with E-state index in [0.717, 1.165) is 4.57 Å². The number of aliphatic hydroxyl groups is 4. The molecule has 1 saturated heterocycles. The zero-order valence-corrected chi connectivity index (χ0v) is 11.5. The van der Waals surface area contributed by atoms with Gasteiger partial charge in [0.05, 0.1) is 12.7 Å². The number of aliphatic hydroxyl groups excluding tert-OH is 4. The highest BCUT2D eigenvalue weighted by atomic mass is 16.6. The molecule has 118 valence electrons. The Morgan fingerprint density at radius 3 is 2.67 bits per heavy atom. The number of hydrogen-bond donors (Lipinski definition) is 5. The maximum atomic E-state index is 11.9. The molecule has 0 aromatic carbocycles. The van der Waals surface area contributed by atoms with Crippen molar-refractivity contribution in [1.29, 1.82) is 0 Å². The number of rotatable bonds is 4. The molecule has 2 heterocycles. The minimum Gasteiger partial charge on any atom is -0.394 e. The van der Waals surface area contributed by atoms with Gasteiger partial charge in [0.2, 0.25) is 0 Å². The summed E-state index contributed by atoms with van der Waals surface area (Å²) in [5, 5.41) is 38.6. The number of hydrogen-bond acceptors (Lipinski definition) is 8. The Morgan fingerprint density at radius 2 is 2.14 bits per heavy atom. The molecule has 1 aliphatic rings. The van der Waals surface area contributed by atoms with Gasteiger partial charge in [0.15, 0.2) is 6.23 Å². The average Bonchev–Trinajstić information content (AvgIpc) is 2.74. The Bertz CT molecular complexity index is 562. The number of aromatic nitrogens is 2. The van der Waals surface area contributed by atoms with Crippen LogP contribution >= 0.6 is 0 Å². The molecule has 1 fully saturated rings. The quantitative estimate of drug-likeness (QED) is 0.423. The van der Waals surface area contributed by atoms with Gasteiger partial charge in [-0.2, -0.15) is 4.98 Å². The maximum absolute atomic E-state index is 11.9. The summed E-state index contributed by atoms with van der Waals surface area (Å²) in [6, 6.07) is 0. The van der Waals surface area contributed by atoms with Crippen LogP contribution in [-0.4, -0.2) is 54.9 Å². The monoisotopic (exact) mass is 301 g/mol. The van der Waals surface area contributed by atoms with E-state index in [2.05, 4.69) is 4.98 Å². The van der Waals surface area contributed by atoms with Gasteiger partial charge in [-0.25, -0.2) is 4.79 Å². The Hall–Kier alpha value is -1.52. The molecule has 0 spiro atoms. The number of nitrogens with zero attached hydrogens (tertiary/aromatic N) is 2. The van der Waals surface area contributed by atoms with Crippen LogP contribution in [0.1, 0.15) is 31.2 Å². The highest BCUT2D eigenvalue weighted by Gasteiger charge is 2.44. The lowest BCUT2D eigenvalue weighted by molar-refractivity contribution is -0.0552. The fourth-order valence-electron chi connectivity index (χ4n) is 2.27. The number of ether oxygens (including phenoxy) is 1. The third kappa shape index (κ3) is 2.78. The predicted octanol–water partition coefficient (Wildman–Crippen LogP) is -2.12. The molecule has 1 aromatic rings. The molecule has 21 heavy (non-hydrogen) atoms. The predicted molar refractivity (Wildman–Crippen MR) is 71.2 cm³/mol. The fraction of sp³-hybridized carbons (Fsp3) is 0.667. The van der Waals surface area contributed by atoms with Crippen LogP contribution < -0.4 is 11.4 Å². The molecule has 0 radical (unpaired) electrons.